The number of methoxy groups -OCH3 is 1. The molecule has 0 unspecified atom stereocenters. The Bertz CT molecular complexity index is 697. The van der Waals surface area contributed by atoms with E-state index in [-0.39, 0.29) is 18.3 Å². The molecule has 29 heavy (non-hydrogen) atoms. The van der Waals surface area contributed by atoms with Gasteiger partial charge in [0, 0.05) is 12.9 Å². The Balaban J connectivity index is 1.86. The van der Waals surface area contributed by atoms with Gasteiger partial charge in [-0.2, -0.15) is 0 Å². The zero-order valence-corrected chi connectivity index (χ0v) is 18.0. The highest BCUT2D eigenvalue weighted by molar-refractivity contribution is 8.14. The lowest BCUT2D eigenvalue weighted by molar-refractivity contribution is -0.147. The molecule has 0 fully saturated rings. The van der Waals surface area contributed by atoms with Crippen LogP contribution < -0.4 is 4.74 Å². The van der Waals surface area contributed by atoms with Crippen LogP contribution in [-0.2, 0) is 23.7 Å². The lowest BCUT2D eigenvalue weighted by Crippen LogP contribution is -2.35. The van der Waals surface area contributed by atoms with Crippen molar-refractivity contribution in [3.05, 3.63) is 23.8 Å². The lowest BCUT2D eigenvalue weighted by atomic mass is 10.1. The van der Waals surface area contributed by atoms with Gasteiger partial charge < -0.3 is 28.8 Å². The summed E-state index contributed by atoms with van der Waals surface area (Å²) in [7, 11) is 1.62. The second kappa shape index (κ2) is 12.0. The Morgan fingerprint density at radius 3 is 2.55 bits per heavy atom. The van der Waals surface area contributed by atoms with E-state index >= 15 is 0 Å². The number of phenols is 1. The number of hydrogen-bond acceptors (Lipinski definition) is 9. The van der Waals surface area contributed by atoms with Gasteiger partial charge in [0.2, 0.25) is 0 Å². The maximum Gasteiger partial charge on any atom is 0.334 e. The summed E-state index contributed by atoms with van der Waals surface area (Å²) in [4.78, 5) is 16.6. The van der Waals surface area contributed by atoms with E-state index in [4.69, 9.17) is 23.7 Å². The summed E-state index contributed by atoms with van der Waals surface area (Å²) in [6.45, 7) is 6.50. The molecule has 1 aliphatic heterocycles. The van der Waals surface area contributed by atoms with Crippen molar-refractivity contribution in [2.24, 2.45) is 4.99 Å². The SMILES string of the molecule is CCOC(=O)[C@@]1(C)CSC(c2cccc(OCCOCCOCCOC)c2O)=N1. The number of carbonyl (C=O) groups is 1. The maximum absolute atomic E-state index is 12.1. The molecule has 0 aliphatic carbocycles. The van der Waals surface area contributed by atoms with Gasteiger partial charge in [0.15, 0.2) is 17.0 Å². The molecule has 0 radical (unpaired) electrons. The summed E-state index contributed by atoms with van der Waals surface area (Å²) >= 11 is 1.41. The molecule has 9 heteroatoms. The van der Waals surface area contributed by atoms with Crippen LogP contribution in [0.2, 0.25) is 0 Å². The first kappa shape index (κ1) is 23.5. The maximum atomic E-state index is 12.1. The summed E-state index contributed by atoms with van der Waals surface area (Å²) in [6, 6.07) is 5.20. The van der Waals surface area contributed by atoms with Gasteiger partial charge in [0.1, 0.15) is 11.7 Å². The molecule has 1 heterocycles. The molecule has 0 spiro atoms. The van der Waals surface area contributed by atoms with Crippen LogP contribution in [0.1, 0.15) is 19.4 Å². The number of thioether (sulfide) groups is 1. The first-order valence-corrected chi connectivity index (χ1v) is 10.5. The number of aliphatic imine (C=N–C) groups is 1. The molecule has 0 saturated carbocycles. The minimum absolute atomic E-state index is 0.00485. The predicted molar refractivity (Wildman–Crippen MR) is 111 cm³/mol. The number of para-hydroxylation sites is 1. The molecule has 0 amide bonds. The first-order chi connectivity index (χ1) is 14.0. The summed E-state index contributed by atoms with van der Waals surface area (Å²) < 4.78 is 26.3. The van der Waals surface area contributed by atoms with Gasteiger partial charge in [0.25, 0.3) is 0 Å². The normalized spacial score (nSPS) is 18.5. The number of hydrogen-bond donors (Lipinski definition) is 1. The number of phenolic OH excluding ortho intramolecular Hbond substituents is 1. The Morgan fingerprint density at radius 1 is 1.17 bits per heavy atom. The average Bonchev–Trinajstić information content (AvgIpc) is 3.11. The van der Waals surface area contributed by atoms with Crippen LogP contribution in [0, 0.1) is 0 Å². The molecule has 0 saturated heterocycles. The zero-order chi connectivity index (χ0) is 21.1. The summed E-state index contributed by atoms with van der Waals surface area (Å²) in [5, 5.41) is 11.2. The Kier molecular flexibility index (Phi) is 9.72. The van der Waals surface area contributed by atoms with E-state index in [0.29, 0.717) is 61.8 Å². The molecule has 2 rings (SSSR count). The van der Waals surface area contributed by atoms with Crippen molar-refractivity contribution in [2.45, 2.75) is 19.4 Å². The number of carbonyl (C=O) groups excluding carboxylic acids is 1. The fraction of sp³-hybridized carbons (Fsp3) is 0.600. The fourth-order valence-electron chi connectivity index (χ4n) is 2.51. The lowest BCUT2D eigenvalue weighted by Gasteiger charge is -2.16. The average molecular weight is 428 g/mol. The Hall–Kier alpha value is -1.81. The number of esters is 1. The van der Waals surface area contributed by atoms with Crippen molar-refractivity contribution in [2.75, 3.05) is 59.1 Å². The van der Waals surface area contributed by atoms with Gasteiger partial charge in [0.05, 0.1) is 45.2 Å². The topological polar surface area (TPSA) is 95.8 Å². The van der Waals surface area contributed by atoms with Crippen LogP contribution in [-0.4, -0.2) is 80.8 Å². The number of ether oxygens (including phenoxy) is 5. The van der Waals surface area contributed by atoms with Crippen LogP contribution >= 0.6 is 11.8 Å². The van der Waals surface area contributed by atoms with Crippen LogP contribution in [0.3, 0.4) is 0 Å². The largest absolute Gasteiger partial charge is 0.504 e. The van der Waals surface area contributed by atoms with E-state index in [9.17, 15) is 9.90 Å². The van der Waals surface area contributed by atoms with Gasteiger partial charge in [-0.05, 0) is 26.0 Å². The third-order valence-electron chi connectivity index (χ3n) is 4.07. The van der Waals surface area contributed by atoms with Gasteiger partial charge in [-0.3, -0.25) is 4.99 Å². The predicted octanol–water partition coefficient (Wildman–Crippen LogP) is 2.27. The van der Waals surface area contributed by atoms with E-state index in [2.05, 4.69) is 4.99 Å². The van der Waals surface area contributed by atoms with Crippen molar-refractivity contribution in [3.63, 3.8) is 0 Å². The monoisotopic (exact) mass is 427 g/mol. The first-order valence-electron chi connectivity index (χ1n) is 9.51. The number of nitrogens with zero attached hydrogens (tertiary/aromatic N) is 1. The summed E-state index contributed by atoms with van der Waals surface area (Å²) in [5.74, 6) is 0.439. The zero-order valence-electron chi connectivity index (χ0n) is 17.1. The smallest absolute Gasteiger partial charge is 0.334 e. The molecular formula is C20H29NO7S. The summed E-state index contributed by atoms with van der Waals surface area (Å²) in [6.07, 6.45) is 0. The molecular weight excluding hydrogens is 398 g/mol. The fourth-order valence-corrected chi connectivity index (χ4v) is 3.70. The van der Waals surface area contributed by atoms with Gasteiger partial charge in [-0.15, -0.1) is 11.8 Å². The third-order valence-corrected chi connectivity index (χ3v) is 5.36. The van der Waals surface area contributed by atoms with Crippen molar-refractivity contribution < 1.29 is 33.6 Å². The highest BCUT2D eigenvalue weighted by Gasteiger charge is 2.40. The van der Waals surface area contributed by atoms with Gasteiger partial charge in [-0.25, -0.2) is 4.79 Å². The van der Waals surface area contributed by atoms with Crippen molar-refractivity contribution >= 4 is 22.8 Å². The third kappa shape index (κ3) is 6.88. The molecule has 1 N–H and O–H groups in total. The van der Waals surface area contributed by atoms with Crippen LogP contribution in [0.15, 0.2) is 23.2 Å². The van der Waals surface area contributed by atoms with E-state index < -0.39 is 5.54 Å². The highest BCUT2D eigenvalue weighted by Crippen LogP contribution is 2.38. The molecule has 0 bridgehead atoms. The molecule has 0 aromatic heterocycles. The van der Waals surface area contributed by atoms with Crippen molar-refractivity contribution in [3.8, 4) is 11.5 Å². The second-order valence-electron chi connectivity index (χ2n) is 6.42. The van der Waals surface area contributed by atoms with E-state index in [0.717, 1.165) is 0 Å². The van der Waals surface area contributed by atoms with Crippen LogP contribution in [0.4, 0.5) is 0 Å². The van der Waals surface area contributed by atoms with E-state index in [1.165, 1.54) is 11.8 Å². The standard InChI is InChI=1S/C20H29NO7S/c1-4-27-19(23)20(2)14-29-18(21-20)15-6-5-7-16(17(15)22)28-13-12-26-11-10-25-9-8-24-3/h5-7,22H,4,8-14H2,1-3H3/t20-/m1/s1. The molecule has 162 valence electrons. The van der Waals surface area contributed by atoms with E-state index in [1.807, 2.05) is 0 Å². The van der Waals surface area contributed by atoms with E-state index in [1.54, 1.807) is 39.2 Å². The minimum Gasteiger partial charge on any atom is -0.504 e. The number of benzene rings is 1. The van der Waals surface area contributed by atoms with Crippen molar-refractivity contribution in [1.82, 2.24) is 0 Å². The summed E-state index contributed by atoms with van der Waals surface area (Å²) in [5.41, 5.74) is -0.411. The van der Waals surface area contributed by atoms with Crippen LogP contribution in [0.5, 0.6) is 11.5 Å². The van der Waals surface area contributed by atoms with Crippen LogP contribution in [0.25, 0.3) is 0 Å². The Labute approximate surface area is 175 Å². The second-order valence-corrected chi connectivity index (χ2v) is 7.38. The highest BCUT2D eigenvalue weighted by atomic mass is 32.2. The molecule has 8 nitrogen and oxygen atoms in total. The minimum atomic E-state index is -0.946. The number of aromatic hydroxyl groups is 1. The van der Waals surface area contributed by atoms with Crippen molar-refractivity contribution in [1.29, 1.82) is 0 Å². The van der Waals surface area contributed by atoms with Gasteiger partial charge >= 0.3 is 5.97 Å². The molecule has 1 aromatic carbocycles. The Morgan fingerprint density at radius 2 is 1.86 bits per heavy atom. The molecule has 1 aromatic rings. The van der Waals surface area contributed by atoms with Gasteiger partial charge in [-0.1, -0.05) is 6.07 Å². The molecule has 1 aliphatic rings. The quantitative estimate of drug-likeness (QED) is 0.378. The molecule has 1 atom stereocenters. The number of rotatable bonds is 13.